The Kier molecular flexibility index (Phi) is 12.0. The zero-order chi connectivity index (χ0) is 24.1. The normalized spacial score (nSPS) is 10.4. The zero-order valence-corrected chi connectivity index (χ0v) is 19.8. The highest BCUT2D eigenvalue weighted by Gasteiger charge is 2.15. The van der Waals surface area contributed by atoms with Crippen molar-refractivity contribution in [2.24, 2.45) is 0 Å². The molecule has 1 aromatic rings. The molecule has 0 saturated heterocycles. The number of hydrogen-bond donors (Lipinski definition) is 0. The highest BCUT2D eigenvalue weighted by molar-refractivity contribution is 6.09. The molecule has 0 aromatic heterocycles. The molecule has 0 N–H and O–H groups in total. The van der Waals surface area contributed by atoms with Gasteiger partial charge in [0.2, 0.25) is 5.78 Å². The van der Waals surface area contributed by atoms with Crippen LogP contribution in [0.25, 0.3) is 0 Å². The van der Waals surface area contributed by atoms with E-state index in [1.807, 2.05) is 60.6 Å². The molecule has 0 fully saturated rings. The Morgan fingerprint density at radius 1 is 0.839 bits per heavy atom. The fourth-order valence-corrected chi connectivity index (χ4v) is 2.04. The first-order valence-corrected chi connectivity index (χ1v) is 10.2. The zero-order valence-electron chi connectivity index (χ0n) is 19.8. The van der Waals surface area contributed by atoms with Gasteiger partial charge in [-0.3, -0.25) is 14.4 Å². The summed E-state index contributed by atoms with van der Waals surface area (Å²) in [6.45, 7) is 12.9. The Balaban J connectivity index is 0.000000695. The number of ketones is 1. The minimum Gasteiger partial charge on any atom is -0.460 e. The average molecular weight is 427 g/mol. The van der Waals surface area contributed by atoms with Gasteiger partial charge in [0.05, 0.1) is 12.8 Å². The number of terminal acetylenes is 1. The van der Waals surface area contributed by atoms with Crippen LogP contribution in [0, 0.1) is 31.1 Å². The Hall–Kier alpha value is -3.05. The minimum absolute atomic E-state index is 0.200. The lowest BCUT2D eigenvalue weighted by molar-refractivity contribution is -0.155. The van der Waals surface area contributed by atoms with Crippen molar-refractivity contribution in [2.75, 3.05) is 0 Å². The average Bonchev–Trinajstić information content (AvgIpc) is 2.61. The van der Waals surface area contributed by atoms with Crippen LogP contribution in [0.4, 0.5) is 0 Å². The second-order valence-corrected chi connectivity index (χ2v) is 8.87. The lowest BCUT2D eigenvalue weighted by Crippen LogP contribution is -2.23. The summed E-state index contributed by atoms with van der Waals surface area (Å²) in [7, 11) is 0. The summed E-state index contributed by atoms with van der Waals surface area (Å²) in [5.41, 5.74) is 0.785. The fraction of sp³-hybridized carbons (Fsp3) is 0.500. The third-order valence-corrected chi connectivity index (χ3v) is 3.28. The SMILES string of the molecule is C#CCCC(=O)OC(C)(C)C.Cc1ccc(C(=O)C#CCCC(=O)OC(C)(C)C)cc1. The molecule has 0 aliphatic carbocycles. The van der Waals surface area contributed by atoms with Crippen molar-refractivity contribution in [3.63, 3.8) is 0 Å². The van der Waals surface area contributed by atoms with Crippen LogP contribution >= 0.6 is 0 Å². The first-order valence-electron chi connectivity index (χ1n) is 10.2. The largest absolute Gasteiger partial charge is 0.460 e. The summed E-state index contributed by atoms with van der Waals surface area (Å²) in [5, 5.41) is 0. The Bertz CT molecular complexity index is 831. The van der Waals surface area contributed by atoms with Crippen LogP contribution in [0.2, 0.25) is 0 Å². The molecular formula is C26H34O5. The second kappa shape index (κ2) is 13.3. The molecule has 0 unspecified atom stereocenters. The van der Waals surface area contributed by atoms with Crippen LogP contribution in [-0.2, 0) is 19.1 Å². The first-order chi connectivity index (χ1) is 14.2. The third-order valence-electron chi connectivity index (χ3n) is 3.28. The van der Waals surface area contributed by atoms with E-state index in [-0.39, 0.29) is 24.1 Å². The maximum atomic E-state index is 11.7. The fourth-order valence-electron chi connectivity index (χ4n) is 2.04. The molecule has 31 heavy (non-hydrogen) atoms. The molecule has 0 saturated carbocycles. The molecule has 0 radical (unpaired) electrons. The molecular weight excluding hydrogens is 392 g/mol. The van der Waals surface area contributed by atoms with Gasteiger partial charge in [-0.15, -0.1) is 12.3 Å². The summed E-state index contributed by atoms with van der Waals surface area (Å²) in [6, 6.07) is 7.24. The van der Waals surface area contributed by atoms with Gasteiger partial charge in [-0.05, 0) is 54.4 Å². The number of aryl methyl sites for hydroxylation is 1. The number of benzene rings is 1. The van der Waals surface area contributed by atoms with Crippen LogP contribution in [0.1, 0.15) is 83.1 Å². The summed E-state index contributed by atoms with van der Waals surface area (Å²) >= 11 is 0. The van der Waals surface area contributed by atoms with Gasteiger partial charge in [-0.25, -0.2) is 0 Å². The van der Waals surface area contributed by atoms with E-state index in [1.165, 1.54) is 0 Å². The standard InChI is InChI=1S/C17H20O3.C9H14O2/c1-13-9-11-14(12-10-13)15(18)7-5-6-8-16(19)20-17(2,3)4;1-5-6-7-8(10)11-9(2,3)4/h9-12H,6,8H2,1-4H3;1H,6-7H2,2-4H3. The maximum absolute atomic E-state index is 11.7. The summed E-state index contributed by atoms with van der Waals surface area (Å²) < 4.78 is 10.2. The highest BCUT2D eigenvalue weighted by atomic mass is 16.6. The van der Waals surface area contributed by atoms with Crippen LogP contribution in [-0.4, -0.2) is 28.9 Å². The number of esters is 2. The minimum atomic E-state index is -0.484. The van der Waals surface area contributed by atoms with Gasteiger partial charge in [-0.1, -0.05) is 35.7 Å². The number of rotatable bonds is 5. The van der Waals surface area contributed by atoms with Gasteiger partial charge in [0.15, 0.2) is 0 Å². The van der Waals surface area contributed by atoms with Crippen molar-refractivity contribution in [1.29, 1.82) is 0 Å². The van der Waals surface area contributed by atoms with E-state index < -0.39 is 11.2 Å². The summed E-state index contributed by atoms with van der Waals surface area (Å²) in [4.78, 5) is 34.1. The van der Waals surface area contributed by atoms with E-state index in [9.17, 15) is 14.4 Å². The number of carbonyl (C=O) groups excluding carboxylic acids is 3. The van der Waals surface area contributed by atoms with Crippen LogP contribution < -0.4 is 0 Å². The monoisotopic (exact) mass is 426 g/mol. The molecule has 1 rings (SSSR count). The molecule has 0 aliphatic heterocycles. The summed E-state index contributed by atoms with van der Waals surface area (Å²) in [6.07, 6.45) is 6.28. The quantitative estimate of drug-likeness (QED) is 0.285. The van der Waals surface area contributed by atoms with Gasteiger partial charge in [0.25, 0.3) is 0 Å². The van der Waals surface area contributed by atoms with E-state index in [4.69, 9.17) is 15.9 Å². The number of Topliss-reactive ketones (excluding diaryl/α,β-unsaturated/α-hetero) is 1. The molecule has 168 valence electrons. The predicted octanol–water partition coefficient (Wildman–Crippen LogP) is 5.04. The molecule has 0 atom stereocenters. The lowest BCUT2D eigenvalue weighted by Gasteiger charge is -2.18. The van der Waals surface area contributed by atoms with Crippen LogP contribution in [0.5, 0.6) is 0 Å². The highest BCUT2D eigenvalue weighted by Crippen LogP contribution is 2.09. The summed E-state index contributed by atoms with van der Waals surface area (Å²) in [5.74, 6) is 6.89. The first kappa shape index (κ1) is 27.9. The van der Waals surface area contributed by atoms with Crippen molar-refractivity contribution in [1.82, 2.24) is 0 Å². The van der Waals surface area contributed by atoms with Gasteiger partial charge in [-0.2, -0.15) is 0 Å². The molecule has 0 aliphatic rings. The van der Waals surface area contributed by atoms with Gasteiger partial charge >= 0.3 is 11.9 Å². The molecule has 0 heterocycles. The number of carbonyl (C=O) groups is 3. The van der Waals surface area contributed by atoms with Gasteiger partial charge in [0, 0.05) is 18.4 Å². The Labute approximate surface area is 186 Å². The van der Waals surface area contributed by atoms with E-state index in [0.717, 1.165) is 5.56 Å². The number of ether oxygens (including phenoxy) is 2. The van der Waals surface area contributed by atoms with E-state index in [0.29, 0.717) is 24.8 Å². The molecule has 0 amide bonds. The molecule has 0 bridgehead atoms. The van der Waals surface area contributed by atoms with Crippen molar-refractivity contribution < 1.29 is 23.9 Å². The second-order valence-electron chi connectivity index (χ2n) is 8.87. The smallest absolute Gasteiger partial charge is 0.307 e. The van der Waals surface area contributed by atoms with Crippen LogP contribution in [0.15, 0.2) is 24.3 Å². The maximum Gasteiger partial charge on any atom is 0.307 e. The third kappa shape index (κ3) is 16.4. The molecule has 1 aromatic carbocycles. The van der Waals surface area contributed by atoms with Gasteiger partial charge in [0.1, 0.15) is 11.2 Å². The Morgan fingerprint density at radius 2 is 1.29 bits per heavy atom. The molecule has 0 spiro atoms. The van der Waals surface area contributed by atoms with Crippen molar-refractivity contribution in [2.45, 2.75) is 85.4 Å². The Morgan fingerprint density at radius 3 is 1.71 bits per heavy atom. The van der Waals surface area contributed by atoms with Crippen molar-refractivity contribution >= 4 is 17.7 Å². The molecule has 5 heteroatoms. The van der Waals surface area contributed by atoms with E-state index in [2.05, 4.69) is 17.8 Å². The van der Waals surface area contributed by atoms with E-state index in [1.54, 1.807) is 12.1 Å². The molecule has 5 nitrogen and oxygen atoms in total. The van der Waals surface area contributed by atoms with Crippen LogP contribution in [0.3, 0.4) is 0 Å². The van der Waals surface area contributed by atoms with Crippen molar-refractivity contribution in [3.8, 4) is 24.2 Å². The topological polar surface area (TPSA) is 69.7 Å². The van der Waals surface area contributed by atoms with Gasteiger partial charge < -0.3 is 9.47 Å². The predicted molar refractivity (Wildman–Crippen MR) is 122 cm³/mol. The number of hydrogen-bond acceptors (Lipinski definition) is 5. The van der Waals surface area contributed by atoms with Crippen molar-refractivity contribution in [3.05, 3.63) is 35.4 Å². The van der Waals surface area contributed by atoms with E-state index >= 15 is 0 Å². The lowest BCUT2D eigenvalue weighted by atomic mass is 10.1.